The fourth-order valence-corrected chi connectivity index (χ4v) is 1.88. The molecule has 3 N–H and O–H groups in total. The molecule has 0 aliphatic carbocycles. The number of aromatic nitrogens is 1. The standard InChI is InChI=1S/C14H17N3/c1-10-5-6-17-9-13(10)11-3-4-14(15)12(7-11)8-16-2/h3-7,9,16H,8,15H2,1-2H3. The number of aryl methyl sites for hydroxylation is 1. The van der Waals surface area contributed by atoms with Crippen LogP contribution in [0, 0.1) is 6.92 Å². The van der Waals surface area contributed by atoms with Gasteiger partial charge >= 0.3 is 0 Å². The van der Waals surface area contributed by atoms with Crippen LogP contribution in [0.4, 0.5) is 5.69 Å². The molecule has 0 fully saturated rings. The summed E-state index contributed by atoms with van der Waals surface area (Å²) in [6.45, 7) is 2.87. The number of rotatable bonds is 3. The predicted octanol–water partition coefficient (Wildman–Crippen LogP) is 2.36. The average Bonchev–Trinajstić information content (AvgIpc) is 2.33. The topological polar surface area (TPSA) is 50.9 Å². The lowest BCUT2D eigenvalue weighted by Gasteiger charge is -2.10. The van der Waals surface area contributed by atoms with Crippen molar-refractivity contribution >= 4 is 5.69 Å². The van der Waals surface area contributed by atoms with E-state index >= 15 is 0 Å². The Balaban J connectivity index is 2.46. The summed E-state index contributed by atoms with van der Waals surface area (Å²) in [6.07, 6.45) is 3.70. The Morgan fingerprint density at radius 2 is 2.12 bits per heavy atom. The van der Waals surface area contributed by atoms with Crippen LogP contribution in [0.25, 0.3) is 11.1 Å². The Hall–Kier alpha value is -1.87. The van der Waals surface area contributed by atoms with Crippen molar-refractivity contribution in [2.75, 3.05) is 12.8 Å². The van der Waals surface area contributed by atoms with Gasteiger partial charge in [0.25, 0.3) is 0 Å². The van der Waals surface area contributed by atoms with E-state index in [0.29, 0.717) is 0 Å². The van der Waals surface area contributed by atoms with Crippen molar-refractivity contribution < 1.29 is 0 Å². The van der Waals surface area contributed by atoms with Gasteiger partial charge in [-0.2, -0.15) is 0 Å². The predicted molar refractivity (Wildman–Crippen MR) is 71.6 cm³/mol. The summed E-state index contributed by atoms with van der Waals surface area (Å²) < 4.78 is 0. The van der Waals surface area contributed by atoms with Gasteiger partial charge in [0.05, 0.1) is 0 Å². The molecule has 1 aromatic heterocycles. The Morgan fingerprint density at radius 1 is 1.29 bits per heavy atom. The van der Waals surface area contributed by atoms with Crippen LogP contribution in [-0.2, 0) is 6.54 Å². The molecule has 1 aromatic carbocycles. The molecular weight excluding hydrogens is 210 g/mol. The molecule has 1 heterocycles. The highest BCUT2D eigenvalue weighted by Gasteiger charge is 2.05. The van der Waals surface area contributed by atoms with Crippen molar-refractivity contribution in [1.29, 1.82) is 0 Å². The molecule has 0 aliphatic heterocycles. The van der Waals surface area contributed by atoms with E-state index in [1.165, 1.54) is 5.56 Å². The van der Waals surface area contributed by atoms with E-state index in [1.807, 2.05) is 37.6 Å². The largest absolute Gasteiger partial charge is 0.398 e. The van der Waals surface area contributed by atoms with E-state index < -0.39 is 0 Å². The second kappa shape index (κ2) is 4.97. The monoisotopic (exact) mass is 227 g/mol. The van der Waals surface area contributed by atoms with Crippen LogP contribution in [0.15, 0.2) is 36.7 Å². The summed E-state index contributed by atoms with van der Waals surface area (Å²) in [6, 6.07) is 8.13. The average molecular weight is 227 g/mol. The molecule has 17 heavy (non-hydrogen) atoms. The highest BCUT2D eigenvalue weighted by molar-refractivity contribution is 5.69. The minimum absolute atomic E-state index is 0.777. The molecule has 0 unspecified atom stereocenters. The number of pyridine rings is 1. The second-order valence-electron chi connectivity index (χ2n) is 4.13. The van der Waals surface area contributed by atoms with Crippen molar-refractivity contribution in [3.8, 4) is 11.1 Å². The molecule has 0 amide bonds. The van der Waals surface area contributed by atoms with E-state index in [4.69, 9.17) is 5.73 Å². The van der Waals surface area contributed by atoms with Gasteiger partial charge < -0.3 is 11.1 Å². The molecule has 0 saturated carbocycles. The molecule has 3 nitrogen and oxygen atoms in total. The van der Waals surface area contributed by atoms with Gasteiger partial charge in [-0.3, -0.25) is 4.98 Å². The summed E-state index contributed by atoms with van der Waals surface area (Å²) in [4.78, 5) is 4.17. The zero-order valence-corrected chi connectivity index (χ0v) is 10.2. The molecule has 88 valence electrons. The van der Waals surface area contributed by atoms with Crippen molar-refractivity contribution in [3.05, 3.63) is 47.8 Å². The zero-order valence-electron chi connectivity index (χ0n) is 10.2. The maximum Gasteiger partial charge on any atom is 0.0360 e. The Bertz CT molecular complexity index is 521. The first-order valence-corrected chi connectivity index (χ1v) is 5.66. The molecule has 0 bridgehead atoms. The van der Waals surface area contributed by atoms with Gasteiger partial charge in [-0.05, 0) is 48.9 Å². The first-order chi connectivity index (χ1) is 8.22. The summed E-state index contributed by atoms with van der Waals surface area (Å²) in [7, 11) is 1.92. The number of nitrogens with zero attached hydrogens (tertiary/aromatic N) is 1. The van der Waals surface area contributed by atoms with Crippen LogP contribution >= 0.6 is 0 Å². The highest BCUT2D eigenvalue weighted by Crippen LogP contribution is 2.25. The van der Waals surface area contributed by atoms with Gasteiger partial charge in [0, 0.05) is 30.2 Å². The molecule has 0 aliphatic rings. The summed E-state index contributed by atoms with van der Waals surface area (Å²) in [5.41, 5.74) is 11.4. The molecule has 0 spiro atoms. The molecule has 0 saturated heterocycles. The highest BCUT2D eigenvalue weighted by atomic mass is 14.8. The van der Waals surface area contributed by atoms with Crippen molar-refractivity contribution in [3.63, 3.8) is 0 Å². The first-order valence-electron chi connectivity index (χ1n) is 5.66. The summed E-state index contributed by atoms with van der Waals surface area (Å²) >= 11 is 0. The fourth-order valence-electron chi connectivity index (χ4n) is 1.88. The number of nitrogens with two attached hydrogens (primary N) is 1. The normalized spacial score (nSPS) is 10.5. The minimum Gasteiger partial charge on any atom is -0.398 e. The van der Waals surface area contributed by atoms with E-state index in [9.17, 15) is 0 Å². The maximum atomic E-state index is 5.94. The van der Waals surface area contributed by atoms with Gasteiger partial charge in [-0.1, -0.05) is 6.07 Å². The SMILES string of the molecule is CNCc1cc(-c2cnccc2C)ccc1N. The van der Waals surface area contributed by atoms with Gasteiger partial charge in [-0.25, -0.2) is 0 Å². The minimum atomic E-state index is 0.777. The third kappa shape index (κ3) is 2.45. The van der Waals surface area contributed by atoms with Crippen LogP contribution in [0.1, 0.15) is 11.1 Å². The smallest absolute Gasteiger partial charge is 0.0360 e. The number of benzene rings is 1. The number of anilines is 1. The van der Waals surface area contributed by atoms with E-state index in [2.05, 4.69) is 23.3 Å². The second-order valence-corrected chi connectivity index (χ2v) is 4.13. The Labute approximate surface area is 102 Å². The molecular formula is C14H17N3. The van der Waals surface area contributed by atoms with Crippen LogP contribution in [0.5, 0.6) is 0 Å². The first kappa shape index (κ1) is 11.6. The van der Waals surface area contributed by atoms with Crippen molar-refractivity contribution in [2.24, 2.45) is 0 Å². The van der Waals surface area contributed by atoms with Gasteiger partial charge in [0.15, 0.2) is 0 Å². The summed E-state index contributed by atoms with van der Waals surface area (Å²) in [5.74, 6) is 0. The number of hydrogen-bond acceptors (Lipinski definition) is 3. The summed E-state index contributed by atoms with van der Waals surface area (Å²) in [5, 5.41) is 3.12. The molecule has 0 atom stereocenters. The van der Waals surface area contributed by atoms with Crippen molar-refractivity contribution in [2.45, 2.75) is 13.5 Å². The zero-order chi connectivity index (χ0) is 12.3. The third-order valence-electron chi connectivity index (χ3n) is 2.86. The Morgan fingerprint density at radius 3 is 2.82 bits per heavy atom. The molecule has 2 aromatic rings. The lowest BCUT2D eigenvalue weighted by molar-refractivity contribution is 0.820. The maximum absolute atomic E-state index is 5.94. The number of hydrogen-bond donors (Lipinski definition) is 2. The van der Waals surface area contributed by atoms with E-state index in [-0.39, 0.29) is 0 Å². The number of nitrogen functional groups attached to an aromatic ring is 1. The van der Waals surface area contributed by atoms with E-state index in [0.717, 1.165) is 28.9 Å². The van der Waals surface area contributed by atoms with Crippen LogP contribution in [0.3, 0.4) is 0 Å². The lowest BCUT2D eigenvalue weighted by Crippen LogP contribution is -2.07. The van der Waals surface area contributed by atoms with Crippen LogP contribution in [-0.4, -0.2) is 12.0 Å². The van der Waals surface area contributed by atoms with Gasteiger partial charge in [0.1, 0.15) is 0 Å². The Kier molecular flexibility index (Phi) is 3.40. The van der Waals surface area contributed by atoms with E-state index in [1.54, 1.807) is 0 Å². The van der Waals surface area contributed by atoms with Gasteiger partial charge in [0.2, 0.25) is 0 Å². The lowest BCUT2D eigenvalue weighted by atomic mass is 10.00. The van der Waals surface area contributed by atoms with Gasteiger partial charge in [-0.15, -0.1) is 0 Å². The third-order valence-corrected chi connectivity index (χ3v) is 2.86. The molecule has 3 heteroatoms. The molecule has 0 radical (unpaired) electrons. The fraction of sp³-hybridized carbons (Fsp3) is 0.214. The number of nitrogens with one attached hydrogen (secondary N) is 1. The van der Waals surface area contributed by atoms with Crippen LogP contribution < -0.4 is 11.1 Å². The van der Waals surface area contributed by atoms with Crippen LogP contribution in [0.2, 0.25) is 0 Å². The quantitative estimate of drug-likeness (QED) is 0.791. The molecule has 2 rings (SSSR count). The van der Waals surface area contributed by atoms with Crippen molar-refractivity contribution in [1.82, 2.24) is 10.3 Å².